The summed E-state index contributed by atoms with van der Waals surface area (Å²) in [5.41, 5.74) is 11.2. The molecule has 0 radical (unpaired) electrons. The number of amides is 1. The van der Waals surface area contributed by atoms with Crippen LogP contribution in [0.2, 0.25) is 0 Å². The van der Waals surface area contributed by atoms with Gasteiger partial charge in [0.05, 0.1) is 11.8 Å². The number of aromatic nitrogens is 1. The summed E-state index contributed by atoms with van der Waals surface area (Å²) in [7, 11) is -9.89. The zero-order valence-electron chi connectivity index (χ0n) is 17.8. The van der Waals surface area contributed by atoms with E-state index >= 15 is 0 Å². The number of anilines is 2. The van der Waals surface area contributed by atoms with Crippen molar-refractivity contribution in [3.8, 4) is 0 Å². The van der Waals surface area contributed by atoms with Crippen LogP contribution in [0.15, 0.2) is 29.3 Å². The zero-order valence-corrected chi connectivity index (χ0v) is 18.7. The predicted molar refractivity (Wildman–Crippen MR) is 115 cm³/mol. The summed E-state index contributed by atoms with van der Waals surface area (Å²) in [4.78, 5) is 15.6. The first-order chi connectivity index (χ1) is 14.6. The summed E-state index contributed by atoms with van der Waals surface area (Å²) in [5.74, 6) is -1.18. The monoisotopic (exact) mass is 484 g/mol. The highest BCUT2D eigenvalue weighted by Gasteiger charge is 2.65. The Bertz CT molecular complexity index is 1020. The molecule has 0 aliphatic carbocycles. The van der Waals surface area contributed by atoms with Gasteiger partial charge >= 0.3 is 10.2 Å². The molecule has 1 fully saturated rings. The minimum absolute atomic E-state index is 0.0834. The van der Waals surface area contributed by atoms with E-state index in [2.05, 4.69) is 4.98 Å². The molecule has 0 bridgehead atoms. The second kappa shape index (κ2) is 8.05. The number of benzene rings is 1. The Balaban J connectivity index is 0.00000176. The van der Waals surface area contributed by atoms with Crippen LogP contribution in [0.25, 0.3) is 0 Å². The van der Waals surface area contributed by atoms with Crippen LogP contribution in [0.1, 0.15) is 54.1 Å². The molecule has 3 rings (SSSR count). The third kappa shape index (κ3) is 5.40. The highest BCUT2D eigenvalue weighted by atomic mass is 32.5. The molecule has 1 saturated heterocycles. The maximum absolute atomic E-state index is 14.2. The zero-order chi connectivity index (χ0) is 24.5. The fourth-order valence-corrected chi connectivity index (χ4v) is 4.30. The summed E-state index contributed by atoms with van der Waals surface area (Å²) in [6, 6.07) is 0.904. The molecule has 5 nitrogen and oxygen atoms in total. The number of nitrogens with zero attached hydrogens (tertiary/aromatic N) is 2. The molecule has 180 valence electrons. The molecule has 0 spiro atoms. The molecule has 1 aromatic carbocycles. The third-order valence-electron chi connectivity index (χ3n) is 5.25. The average Bonchev–Trinajstić information content (AvgIpc) is 2.71. The van der Waals surface area contributed by atoms with E-state index in [-0.39, 0.29) is 42.5 Å². The number of carbonyl (C=O) groups is 1. The predicted octanol–water partition coefficient (Wildman–Crippen LogP) is 6.40. The summed E-state index contributed by atoms with van der Waals surface area (Å²) < 4.78 is 78.8. The Labute approximate surface area is 182 Å². The van der Waals surface area contributed by atoms with E-state index in [1.54, 1.807) is 6.92 Å². The molecule has 1 aliphatic rings. The normalized spacial score (nSPS) is 17.1. The van der Waals surface area contributed by atoms with Gasteiger partial charge in [-0.3, -0.25) is 4.79 Å². The molecule has 12 heteroatoms. The Kier molecular flexibility index (Phi) is 6.45. The van der Waals surface area contributed by atoms with Gasteiger partial charge in [-0.2, -0.15) is 0 Å². The molecular weight excluding hydrogens is 458 g/mol. The van der Waals surface area contributed by atoms with E-state index in [9.17, 15) is 28.6 Å². The number of hydrogen-bond donors (Lipinski definition) is 2. The molecule has 4 N–H and O–H groups in total. The maximum atomic E-state index is 14.2. The van der Waals surface area contributed by atoms with Crippen molar-refractivity contribution in [3.63, 3.8) is 0 Å². The Morgan fingerprint density at radius 2 is 1.66 bits per heavy atom. The minimum atomic E-state index is -9.89. The highest BCUT2D eigenvalue weighted by molar-refractivity contribution is 8.45. The SMILES string of the molecule is CC.Cc1c(N)ncc(F)c1C1CCN(C(=O)c2ccc(S(F)(F)(F)(F)F)cc2N)CC1. The van der Waals surface area contributed by atoms with Gasteiger partial charge in [0.2, 0.25) is 0 Å². The van der Waals surface area contributed by atoms with E-state index in [0.717, 1.165) is 6.20 Å². The molecule has 1 aliphatic heterocycles. The summed E-state index contributed by atoms with van der Waals surface area (Å²) in [5, 5.41) is 0. The van der Waals surface area contributed by atoms with Crippen LogP contribution in [0.5, 0.6) is 0 Å². The average molecular weight is 485 g/mol. The standard InChI is InChI=1S/C18H20F6N4OS.C2H6/c1-10-16(14(19)9-27-17(10)26)11-4-6-28(7-5-11)18(29)13-3-2-12(8-15(13)25)30(20,21,22,23)24;1-2/h2-3,8-9,11H,4-7,25H2,1H3,(H2,26,27);1-2H3. The van der Waals surface area contributed by atoms with Crippen LogP contribution in [0, 0.1) is 12.7 Å². The van der Waals surface area contributed by atoms with Crippen molar-refractivity contribution in [2.75, 3.05) is 24.6 Å². The largest absolute Gasteiger partial charge is 0.398 e. The molecule has 2 aromatic rings. The van der Waals surface area contributed by atoms with Gasteiger partial charge in [0, 0.05) is 18.8 Å². The summed E-state index contributed by atoms with van der Waals surface area (Å²) in [6.45, 7) is 6.03. The smallest absolute Gasteiger partial charge is 0.310 e. The van der Waals surface area contributed by atoms with Crippen molar-refractivity contribution in [1.29, 1.82) is 0 Å². The van der Waals surface area contributed by atoms with Crippen LogP contribution in [-0.4, -0.2) is 28.9 Å². The fraction of sp³-hybridized carbons (Fsp3) is 0.400. The quantitative estimate of drug-likeness (QED) is 0.390. The van der Waals surface area contributed by atoms with E-state index < -0.39 is 32.5 Å². The van der Waals surface area contributed by atoms with Gasteiger partial charge in [-0.25, -0.2) is 9.37 Å². The highest BCUT2D eigenvalue weighted by Crippen LogP contribution is 3.02. The van der Waals surface area contributed by atoms with Crippen molar-refractivity contribution >= 4 is 27.6 Å². The second-order valence-electron chi connectivity index (χ2n) is 7.31. The molecular formula is C20H26F6N4OS. The lowest BCUT2D eigenvalue weighted by atomic mass is 9.86. The van der Waals surface area contributed by atoms with Crippen molar-refractivity contribution in [3.05, 3.63) is 46.9 Å². The number of hydrogen-bond acceptors (Lipinski definition) is 4. The van der Waals surface area contributed by atoms with Crippen molar-refractivity contribution in [1.82, 2.24) is 9.88 Å². The van der Waals surface area contributed by atoms with Crippen LogP contribution in [0.4, 0.5) is 35.3 Å². The van der Waals surface area contributed by atoms with Gasteiger partial charge < -0.3 is 16.4 Å². The van der Waals surface area contributed by atoms with E-state index in [1.807, 2.05) is 13.8 Å². The van der Waals surface area contributed by atoms with Crippen molar-refractivity contribution < 1.29 is 28.6 Å². The lowest BCUT2D eigenvalue weighted by Crippen LogP contribution is -2.38. The lowest BCUT2D eigenvalue weighted by Gasteiger charge is -2.40. The number of likely N-dealkylation sites (tertiary alicyclic amines) is 1. The van der Waals surface area contributed by atoms with Crippen LogP contribution >= 0.6 is 10.2 Å². The van der Waals surface area contributed by atoms with Gasteiger partial charge in [0.1, 0.15) is 16.5 Å². The van der Waals surface area contributed by atoms with Gasteiger partial charge in [-0.05, 0) is 55.0 Å². The van der Waals surface area contributed by atoms with Crippen LogP contribution in [-0.2, 0) is 0 Å². The topological polar surface area (TPSA) is 85.2 Å². The van der Waals surface area contributed by atoms with Gasteiger partial charge in [-0.1, -0.05) is 33.3 Å². The van der Waals surface area contributed by atoms with E-state index in [0.29, 0.717) is 30.0 Å². The van der Waals surface area contributed by atoms with Gasteiger partial charge in [0.25, 0.3) is 5.91 Å². The summed E-state index contributed by atoms with van der Waals surface area (Å²) >= 11 is 0. The first kappa shape index (κ1) is 25.6. The molecule has 1 amide bonds. The van der Waals surface area contributed by atoms with E-state index in [1.165, 1.54) is 4.90 Å². The Morgan fingerprint density at radius 3 is 2.16 bits per heavy atom. The Morgan fingerprint density at radius 1 is 1.09 bits per heavy atom. The molecule has 1 aromatic heterocycles. The lowest BCUT2D eigenvalue weighted by molar-refractivity contribution is 0.0713. The van der Waals surface area contributed by atoms with Gasteiger partial charge in [-0.15, -0.1) is 0 Å². The summed E-state index contributed by atoms with van der Waals surface area (Å²) in [6.07, 6.45) is 1.81. The number of rotatable bonds is 3. The molecule has 32 heavy (non-hydrogen) atoms. The van der Waals surface area contributed by atoms with E-state index in [4.69, 9.17) is 11.5 Å². The number of nitrogens with two attached hydrogens (primary N) is 2. The number of pyridine rings is 1. The molecule has 0 unspecified atom stereocenters. The van der Waals surface area contributed by atoms with Gasteiger partial charge in [0.15, 0.2) is 0 Å². The van der Waals surface area contributed by atoms with Crippen molar-refractivity contribution in [2.45, 2.75) is 44.4 Å². The maximum Gasteiger partial charge on any atom is 0.310 e. The number of piperidine rings is 1. The Hall–Kier alpha value is -2.63. The first-order valence-electron chi connectivity index (χ1n) is 9.92. The second-order valence-corrected chi connectivity index (χ2v) is 9.72. The number of carbonyl (C=O) groups excluding carboxylic acids is 1. The molecule has 0 saturated carbocycles. The first-order valence-corrected chi connectivity index (χ1v) is 11.9. The molecule has 2 heterocycles. The van der Waals surface area contributed by atoms with Crippen molar-refractivity contribution in [2.24, 2.45) is 0 Å². The fourth-order valence-electron chi connectivity index (χ4n) is 3.63. The van der Waals surface area contributed by atoms with Crippen LogP contribution < -0.4 is 11.5 Å². The minimum Gasteiger partial charge on any atom is -0.398 e. The third-order valence-corrected chi connectivity index (χ3v) is 6.40. The number of halogens is 6. The number of nitrogen functional groups attached to an aromatic ring is 2. The van der Waals surface area contributed by atoms with Crippen LogP contribution in [0.3, 0.4) is 0 Å². The molecule has 0 atom stereocenters.